The van der Waals surface area contributed by atoms with Gasteiger partial charge in [0.25, 0.3) is 0 Å². The number of hydrogen-bond donors (Lipinski definition) is 3. The first-order valence-electron chi connectivity index (χ1n) is 6.89. The standard InChI is InChI=1S/C14H17F2N5O2/c1-8(13-20-18-7-21(13)2)19-14(23)17-6-12(22)9-3-4-10(15)11(16)5-9/h3-5,7-8,12,22H,6H2,1-2H3,(H2,17,19,23)/t8-,12-/m1/s1. The van der Waals surface area contributed by atoms with Crippen molar-refractivity contribution in [3.05, 3.63) is 47.5 Å². The van der Waals surface area contributed by atoms with Gasteiger partial charge in [-0.3, -0.25) is 0 Å². The zero-order valence-electron chi connectivity index (χ0n) is 12.6. The third-order valence-corrected chi connectivity index (χ3v) is 3.27. The maximum absolute atomic E-state index is 13.1. The number of nitrogens with zero attached hydrogens (tertiary/aromatic N) is 3. The zero-order valence-corrected chi connectivity index (χ0v) is 12.6. The number of rotatable bonds is 5. The molecule has 0 saturated carbocycles. The van der Waals surface area contributed by atoms with Crippen LogP contribution in [0.5, 0.6) is 0 Å². The van der Waals surface area contributed by atoms with Crippen molar-refractivity contribution in [3.63, 3.8) is 0 Å². The topological polar surface area (TPSA) is 92.1 Å². The lowest BCUT2D eigenvalue weighted by Gasteiger charge is -2.16. The largest absolute Gasteiger partial charge is 0.387 e. The number of hydrogen-bond acceptors (Lipinski definition) is 4. The molecule has 0 radical (unpaired) electrons. The number of halogens is 2. The molecule has 2 amide bonds. The van der Waals surface area contributed by atoms with Gasteiger partial charge in [-0.05, 0) is 24.6 Å². The SMILES string of the molecule is C[C@@H](NC(=O)NC[C@@H](O)c1ccc(F)c(F)c1)c1nncn1C. The first-order valence-corrected chi connectivity index (χ1v) is 6.89. The van der Waals surface area contributed by atoms with Crippen LogP contribution in [0.2, 0.25) is 0 Å². The predicted molar refractivity (Wildman–Crippen MR) is 77.3 cm³/mol. The van der Waals surface area contributed by atoms with Gasteiger partial charge in [0.05, 0.1) is 12.1 Å². The van der Waals surface area contributed by atoms with E-state index in [1.54, 1.807) is 18.5 Å². The fraction of sp³-hybridized carbons (Fsp3) is 0.357. The van der Waals surface area contributed by atoms with Crippen LogP contribution in [-0.2, 0) is 7.05 Å². The summed E-state index contributed by atoms with van der Waals surface area (Å²) in [5.41, 5.74) is 0.172. The van der Waals surface area contributed by atoms with E-state index in [2.05, 4.69) is 20.8 Å². The van der Waals surface area contributed by atoms with E-state index >= 15 is 0 Å². The number of benzene rings is 1. The minimum Gasteiger partial charge on any atom is -0.387 e. The lowest BCUT2D eigenvalue weighted by Crippen LogP contribution is -2.39. The third kappa shape index (κ3) is 4.22. The van der Waals surface area contributed by atoms with Gasteiger partial charge < -0.3 is 20.3 Å². The van der Waals surface area contributed by atoms with Crippen LogP contribution in [0.1, 0.15) is 30.5 Å². The Morgan fingerprint density at radius 3 is 2.74 bits per heavy atom. The Labute approximate surface area is 131 Å². The Bertz CT molecular complexity index is 692. The Balaban J connectivity index is 1.86. The average molecular weight is 325 g/mol. The third-order valence-electron chi connectivity index (χ3n) is 3.27. The van der Waals surface area contributed by atoms with Gasteiger partial charge in [-0.15, -0.1) is 10.2 Å². The van der Waals surface area contributed by atoms with Gasteiger partial charge in [-0.1, -0.05) is 6.07 Å². The Morgan fingerprint density at radius 2 is 2.13 bits per heavy atom. The van der Waals surface area contributed by atoms with Crippen LogP contribution >= 0.6 is 0 Å². The number of aliphatic hydroxyl groups excluding tert-OH is 1. The number of urea groups is 1. The van der Waals surface area contributed by atoms with Crippen molar-refractivity contribution in [2.45, 2.75) is 19.1 Å². The van der Waals surface area contributed by atoms with Crippen LogP contribution in [0.15, 0.2) is 24.5 Å². The number of aliphatic hydroxyl groups is 1. The van der Waals surface area contributed by atoms with E-state index in [9.17, 15) is 18.7 Å². The van der Waals surface area contributed by atoms with Crippen molar-refractivity contribution in [3.8, 4) is 0 Å². The number of carbonyl (C=O) groups excluding carboxylic acids is 1. The van der Waals surface area contributed by atoms with Crippen molar-refractivity contribution < 1.29 is 18.7 Å². The molecule has 0 fully saturated rings. The first kappa shape index (κ1) is 16.8. The van der Waals surface area contributed by atoms with Crippen LogP contribution in [0.4, 0.5) is 13.6 Å². The number of aromatic nitrogens is 3. The number of aryl methyl sites for hydroxylation is 1. The van der Waals surface area contributed by atoms with E-state index in [1.807, 2.05) is 0 Å². The van der Waals surface area contributed by atoms with Crippen molar-refractivity contribution in [2.24, 2.45) is 7.05 Å². The van der Waals surface area contributed by atoms with Crippen molar-refractivity contribution in [1.82, 2.24) is 25.4 Å². The molecule has 2 aromatic rings. The first-order chi connectivity index (χ1) is 10.9. The van der Waals surface area contributed by atoms with E-state index < -0.39 is 23.8 Å². The molecule has 2 atom stereocenters. The summed E-state index contributed by atoms with van der Waals surface area (Å²) in [5.74, 6) is -1.48. The summed E-state index contributed by atoms with van der Waals surface area (Å²) in [5, 5.41) is 22.6. The smallest absolute Gasteiger partial charge is 0.315 e. The molecule has 124 valence electrons. The second-order valence-electron chi connectivity index (χ2n) is 5.07. The molecule has 2 rings (SSSR count). The van der Waals surface area contributed by atoms with Crippen molar-refractivity contribution in [2.75, 3.05) is 6.54 Å². The molecule has 1 aromatic carbocycles. The minimum absolute atomic E-state index is 0.150. The van der Waals surface area contributed by atoms with Gasteiger partial charge in [-0.2, -0.15) is 0 Å². The molecule has 0 aliphatic heterocycles. The fourth-order valence-electron chi connectivity index (χ4n) is 2.02. The second kappa shape index (κ2) is 7.14. The highest BCUT2D eigenvalue weighted by Gasteiger charge is 2.16. The van der Waals surface area contributed by atoms with Crippen LogP contribution in [0, 0.1) is 11.6 Å². The summed E-state index contributed by atoms with van der Waals surface area (Å²) in [4.78, 5) is 11.8. The van der Waals surface area contributed by atoms with Gasteiger partial charge in [0.15, 0.2) is 17.5 Å². The van der Waals surface area contributed by atoms with Gasteiger partial charge in [-0.25, -0.2) is 13.6 Å². The van der Waals surface area contributed by atoms with Gasteiger partial charge >= 0.3 is 6.03 Å². The highest BCUT2D eigenvalue weighted by Crippen LogP contribution is 2.15. The molecule has 9 heteroatoms. The molecule has 1 aromatic heterocycles. The summed E-state index contributed by atoms with van der Waals surface area (Å²) in [6.07, 6.45) is 0.360. The predicted octanol–water partition coefficient (Wildman–Crippen LogP) is 1.19. The summed E-state index contributed by atoms with van der Waals surface area (Å²) in [6.45, 7) is 1.58. The highest BCUT2D eigenvalue weighted by atomic mass is 19.2. The van der Waals surface area contributed by atoms with Crippen LogP contribution in [0.3, 0.4) is 0 Å². The minimum atomic E-state index is -1.15. The Kier molecular flexibility index (Phi) is 5.22. The molecular weight excluding hydrogens is 308 g/mol. The lowest BCUT2D eigenvalue weighted by molar-refractivity contribution is 0.172. The van der Waals surface area contributed by atoms with Gasteiger partial charge in [0, 0.05) is 13.6 Å². The molecule has 1 heterocycles. The summed E-state index contributed by atoms with van der Waals surface area (Å²) >= 11 is 0. The quantitative estimate of drug-likeness (QED) is 0.770. The van der Waals surface area contributed by atoms with Gasteiger partial charge in [0.2, 0.25) is 0 Å². The molecule has 0 aliphatic rings. The summed E-state index contributed by atoms with van der Waals surface area (Å²) in [6, 6.07) is 2.15. The Hall–Kier alpha value is -2.55. The molecule has 0 aliphatic carbocycles. The number of carbonyl (C=O) groups is 1. The van der Waals surface area contributed by atoms with E-state index in [1.165, 1.54) is 12.4 Å². The monoisotopic (exact) mass is 325 g/mol. The van der Waals surface area contributed by atoms with E-state index in [0.717, 1.165) is 12.1 Å². The van der Waals surface area contributed by atoms with Crippen LogP contribution in [-0.4, -0.2) is 32.4 Å². The summed E-state index contributed by atoms with van der Waals surface area (Å²) in [7, 11) is 1.75. The van der Waals surface area contributed by atoms with Crippen molar-refractivity contribution >= 4 is 6.03 Å². The van der Waals surface area contributed by atoms with Crippen molar-refractivity contribution in [1.29, 1.82) is 0 Å². The zero-order chi connectivity index (χ0) is 17.0. The molecule has 0 bridgehead atoms. The molecule has 3 N–H and O–H groups in total. The maximum Gasteiger partial charge on any atom is 0.315 e. The molecule has 0 unspecified atom stereocenters. The van der Waals surface area contributed by atoms with Crippen LogP contribution in [0.25, 0.3) is 0 Å². The molecule has 0 saturated heterocycles. The molecular formula is C14H17F2N5O2. The van der Waals surface area contributed by atoms with E-state index in [4.69, 9.17) is 0 Å². The highest BCUT2D eigenvalue weighted by molar-refractivity contribution is 5.74. The van der Waals surface area contributed by atoms with Crippen LogP contribution < -0.4 is 10.6 Å². The summed E-state index contributed by atoms with van der Waals surface area (Å²) < 4.78 is 27.6. The van der Waals surface area contributed by atoms with Gasteiger partial charge in [0.1, 0.15) is 6.33 Å². The van der Waals surface area contributed by atoms with E-state index in [-0.39, 0.29) is 18.2 Å². The molecule has 23 heavy (non-hydrogen) atoms. The normalized spacial score (nSPS) is 13.4. The second-order valence-corrected chi connectivity index (χ2v) is 5.07. The Morgan fingerprint density at radius 1 is 1.39 bits per heavy atom. The average Bonchev–Trinajstić information content (AvgIpc) is 2.93. The fourth-order valence-corrected chi connectivity index (χ4v) is 2.02. The van der Waals surface area contributed by atoms with E-state index in [0.29, 0.717) is 5.82 Å². The molecule has 0 spiro atoms. The maximum atomic E-state index is 13.1. The lowest BCUT2D eigenvalue weighted by atomic mass is 10.1. The number of nitrogens with one attached hydrogen (secondary N) is 2. The number of amides is 2. The molecule has 7 nitrogen and oxygen atoms in total.